The zero-order valence-electron chi connectivity index (χ0n) is 16.2. The number of hydrogen-bond acceptors (Lipinski definition) is 3. The summed E-state index contributed by atoms with van der Waals surface area (Å²) in [5.41, 5.74) is 0. The lowest BCUT2D eigenvalue weighted by Gasteiger charge is -2.40. The smallest absolute Gasteiger partial charge is 0.0259 e. The first-order chi connectivity index (χ1) is 9.60. The van der Waals surface area contributed by atoms with Crippen molar-refractivity contribution in [2.75, 3.05) is 32.7 Å². The second kappa shape index (κ2) is 7.80. The Morgan fingerprint density at radius 3 is 2.29 bits per heavy atom. The van der Waals surface area contributed by atoms with Gasteiger partial charge in [0.05, 0.1) is 0 Å². The van der Waals surface area contributed by atoms with Gasteiger partial charge in [-0.15, -0.1) is 24.8 Å². The summed E-state index contributed by atoms with van der Waals surface area (Å²) >= 11 is 0. The van der Waals surface area contributed by atoms with E-state index >= 15 is 0 Å². The molecule has 0 aliphatic carbocycles. The van der Waals surface area contributed by atoms with Crippen molar-refractivity contribution in [2.24, 2.45) is 0 Å². The van der Waals surface area contributed by atoms with Gasteiger partial charge < -0.3 is 5.32 Å². The summed E-state index contributed by atoms with van der Waals surface area (Å²) < 4.78 is 45.2. The quantitative estimate of drug-likeness (QED) is 0.833. The van der Waals surface area contributed by atoms with Gasteiger partial charge in [0.2, 0.25) is 0 Å². The van der Waals surface area contributed by atoms with Gasteiger partial charge in [-0.05, 0) is 33.6 Å². The van der Waals surface area contributed by atoms with Gasteiger partial charge in [0, 0.05) is 52.5 Å². The topological polar surface area (TPSA) is 18.5 Å². The van der Waals surface area contributed by atoms with Crippen molar-refractivity contribution in [2.45, 2.75) is 45.2 Å². The van der Waals surface area contributed by atoms with Gasteiger partial charge in [-0.3, -0.25) is 9.80 Å². The summed E-state index contributed by atoms with van der Waals surface area (Å²) in [6.07, 6.45) is 1.10. The third-order valence-electron chi connectivity index (χ3n) is 3.67. The van der Waals surface area contributed by atoms with Crippen LogP contribution in [0.15, 0.2) is 0 Å². The lowest BCUT2D eigenvalue weighted by atomic mass is 10.1. The fraction of sp³-hybridized carbons (Fsp3) is 1.00. The van der Waals surface area contributed by atoms with Crippen molar-refractivity contribution >= 4 is 24.8 Å². The molecule has 2 heterocycles. The highest BCUT2D eigenvalue weighted by Crippen LogP contribution is 2.17. The average Bonchev–Trinajstić information content (AvgIpc) is 2.73. The van der Waals surface area contributed by atoms with Gasteiger partial charge in [-0.25, -0.2) is 0 Å². The van der Waals surface area contributed by atoms with Gasteiger partial charge in [-0.2, -0.15) is 0 Å². The summed E-state index contributed by atoms with van der Waals surface area (Å²) in [7, 11) is 0. The van der Waals surface area contributed by atoms with Crippen LogP contribution in [0.25, 0.3) is 0 Å². The molecule has 2 saturated heterocycles. The predicted molar refractivity (Wildman–Crippen MR) is 78.6 cm³/mol. The van der Waals surface area contributed by atoms with Gasteiger partial charge in [0.25, 0.3) is 0 Å². The number of rotatable bonds is 2. The molecule has 0 aromatic rings. The largest absolute Gasteiger partial charge is 0.313 e. The molecule has 2 fully saturated rings. The Balaban J connectivity index is 0.00000242. The fourth-order valence-corrected chi connectivity index (χ4v) is 2.67. The minimum Gasteiger partial charge on any atom is -0.313 e. The van der Waals surface area contributed by atoms with E-state index in [1.807, 2.05) is 0 Å². The molecule has 0 saturated carbocycles. The standard InChI is InChI=1S/C12H25N3.2ClH/c1-10(2)14-6-8-15(9-7-14)12-4-5-13-11(12)3;;/h10-13H,4-9H2,1-3H3;2*1H/t11-,12-;;/m0../s1/i1D3,2D3;;. The van der Waals surface area contributed by atoms with Crippen molar-refractivity contribution < 1.29 is 8.22 Å². The molecule has 2 atom stereocenters. The highest BCUT2D eigenvalue weighted by atomic mass is 35.5. The number of nitrogens with one attached hydrogen (secondary N) is 1. The first-order valence-electron chi connectivity index (χ1n) is 8.82. The van der Waals surface area contributed by atoms with Crippen molar-refractivity contribution in [3.8, 4) is 0 Å². The fourth-order valence-electron chi connectivity index (χ4n) is 2.67. The van der Waals surface area contributed by atoms with Crippen molar-refractivity contribution in [1.29, 1.82) is 0 Å². The van der Waals surface area contributed by atoms with E-state index in [0.29, 0.717) is 25.2 Å². The molecule has 3 nitrogen and oxygen atoms in total. The van der Waals surface area contributed by atoms with Crippen LogP contribution < -0.4 is 5.32 Å². The molecule has 0 aromatic heterocycles. The maximum absolute atomic E-state index is 7.54. The zero-order chi connectivity index (χ0) is 15.8. The van der Waals surface area contributed by atoms with Crippen molar-refractivity contribution in [3.05, 3.63) is 0 Å². The maximum Gasteiger partial charge on any atom is 0.0259 e. The third kappa shape index (κ3) is 4.25. The van der Waals surface area contributed by atoms with E-state index in [9.17, 15) is 0 Å². The van der Waals surface area contributed by atoms with Crippen molar-refractivity contribution in [3.63, 3.8) is 0 Å². The third-order valence-corrected chi connectivity index (χ3v) is 3.67. The van der Waals surface area contributed by atoms with E-state index in [-0.39, 0.29) is 24.8 Å². The molecule has 2 rings (SSSR count). The number of piperazine rings is 1. The summed E-state index contributed by atoms with van der Waals surface area (Å²) in [6.45, 7) is 0.705. The first-order valence-corrected chi connectivity index (χ1v) is 5.82. The van der Waals surface area contributed by atoms with Crippen LogP contribution >= 0.6 is 24.8 Å². The summed E-state index contributed by atoms with van der Waals surface area (Å²) in [4.78, 5) is 3.99. The molecule has 0 unspecified atom stereocenters. The second-order valence-electron chi connectivity index (χ2n) is 4.57. The molecule has 2 aliphatic rings. The molecule has 0 bridgehead atoms. The second-order valence-corrected chi connectivity index (χ2v) is 4.57. The lowest BCUT2D eigenvalue weighted by molar-refractivity contribution is 0.0753. The Morgan fingerprint density at radius 1 is 1.18 bits per heavy atom. The van der Waals surface area contributed by atoms with Crippen LogP contribution in [0.1, 0.15) is 35.3 Å². The Kier molecular flexibility index (Phi) is 4.30. The molecular formula is C12H27Cl2N3. The van der Waals surface area contributed by atoms with E-state index in [2.05, 4.69) is 17.1 Å². The van der Waals surface area contributed by atoms with Crippen LogP contribution in [-0.4, -0.2) is 60.6 Å². The van der Waals surface area contributed by atoms with E-state index < -0.39 is 19.7 Å². The Morgan fingerprint density at radius 2 is 1.82 bits per heavy atom. The molecule has 104 valence electrons. The van der Waals surface area contributed by atoms with E-state index in [4.69, 9.17) is 8.22 Å². The molecular weight excluding hydrogens is 257 g/mol. The van der Waals surface area contributed by atoms with Crippen LogP contribution in [0, 0.1) is 0 Å². The summed E-state index contributed by atoms with van der Waals surface area (Å²) in [5.74, 6) is 0. The summed E-state index contributed by atoms with van der Waals surface area (Å²) in [6, 6.07) is -0.435. The molecule has 2 aliphatic heterocycles. The normalized spacial score (nSPS) is 37.8. The molecule has 1 N–H and O–H groups in total. The Bertz CT molecular complexity index is 344. The Hall–Kier alpha value is 0.460. The van der Waals surface area contributed by atoms with Gasteiger partial charge >= 0.3 is 0 Å². The van der Waals surface area contributed by atoms with Crippen LogP contribution in [0.5, 0.6) is 0 Å². The molecule has 17 heavy (non-hydrogen) atoms. The van der Waals surface area contributed by atoms with Gasteiger partial charge in [0.15, 0.2) is 0 Å². The van der Waals surface area contributed by atoms with Crippen LogP contribution in [0.2, 0.25) is 0 Å². The highest BCUT2D eigenvalue weighted by Gasteiger charge is 2.31. The molecule has 0 spiro atoms. The maximum atomic E-state index is 7.54. The van der Waals surface area contributed by atoms with Crippen molar-refractivity contribution in [1.82, 2.24) is 15.1 Å². The SMILES string of the molecule is Cl.Cl.[2H]C([2H])([2H])C(N1CCN([C@H]2CCN[C@H]2C)CC1)C([2H])([2H])[2H]. The van der Waals surface area contributed by atoms with E-state index in [1.54, 1.807) is 4.90 Å². The monoisotopic (exact) mass is 289 g/mol. The van der Waals surface area contributed by atoms with Crippen LogP contribution in [0.4, 0.5) is 0 Å². The molecule has 0 radical (unpaired) electrons. The number of hydrogen-bond donors (Lipinski definition) is 1. The molecule has 0 aromatic carbocycles. The van der Waals surface area contributed by atoms with Crippen LogP contribution in [0.3, 0.4) is 0 Å². The summed E-state index contributed by atoms with van der Waals surface area (Å²) in [5, 5.41) is 3.41. The molecule has 0 amide bonds. The highest BCUT2D eigenvalue weighted by molar-refractivity contribution is 5.85. The number of nitrogens with zero attached hydrogens (tertiary/aromatic N) is 2. The number of halogens is 2. The average molecular weight is 290 g/mol. The minimum absolute atomic E-state index is 0. The van der Waals surface area contributed by atoms with E-state index in [0.717, 1.165) is 26.1 Å². The predicted octanol–water partition coefficient (Wildman–Crippen LogP) is 1.61. The molecule has 5 heteroatoms. The van der Waals surface area contributed by atoms with E-state index in [1.165, 1.54) is 0 Å². The van der Waals surface area contributed by atoms with Gasteiger partial charge in [0.1, 0.15) is 0 Å². The lowest BCUT2D eigenvalue weighted by Crippen LogP contribution is -2.54. The minimum atomic E-state index is -2.48. The van der Waals surface area contributed by atoms with Crippen LogP contribution in [-0.2, 0) is 0 Å². The zero-order valence-corrected chi connectivity index (χ0v) is 11.8. The first kappa shape index (κ1) is 9.38. The Labute approximate surface area is 127 Å². The van der Waals surface area contributed by atoms with Gasteiger partial charge in [-0.1, -0.05) is 0 Å².